The zero-order chi connectivity index (χ0) is 10.7. The van der Waals surface area contributed by atoms with Gasteiger partial charge in [-0.25, -0.2) is 4.79 Å². The highest BCUT2D eigenvalue weighted by atomic mass is 32.2. The maximum atomic E-state index is 11.0. The van der Waals surface area contributed by atoms with Crippen LogP contribution in [0.2, 0.25) is 0 Å². The molecule has 14 heavy (non-hydrogen) atoms. The van der Waals surface area contributed by atoms with E-state index in [1.165, 1.54) is 11.8 Å². The number of carboxylic acid groups (broad SMARTS) is 1. The number of aromatic carboxylic acids is 1. The normalized spacial score (nSPS) is 10.2. The molecule has 0 saturated heterocycles. The Labute approximate surface area is 87.6 Å². The Hall–Kier alpha value is -1.03. The first-order valence-corrected chi connectivity index (χ1v) is 5.39. The van der Waals surface area contributed by atoms with E-state index < -0.39 is 5.97 Å². The fourth-order valence-corrected chi connectivity index (χ4v) is 2.27. The zero-order valence-electron chi connectivity index (χ0n) is 8.50. The third kappa shape index (κ3) is 2.26. The van der Waals surface area contributed by atoms with Gasteiger partial charge in [0.1, 0.15) is 0 Å². The van der Waals surface area contributed by atoms with Crippen LogP contribution in [0, 0.1) is 13.8 Å². The number of carboxylic acids is 1. The molecule has 1 rings (SSSR count). The molecule has 0 fully saturated rings. The third-order valence-electron chi connectivity index (χ3n) is 1.81. The molecule has 1 aromatic heterocycles. The second-order valence-corrected chi connectivity index (χ2v) is 4.27. The second-order valence-electron chi connectivity index (χ2n) is 2.96. The van der Waals surface area contributed by atoms with Crippen LogP contribution >= 0.6 is 11.8 Å². The van der Waals surface area contributed by atoms with Crippen molar-refractivity contribution in [3.63, 3.8) is 0 Å². The van der Waals surface area contributed by atoms with Gasteiger partial charge in [0.15, 0.2) is 0 Å². The smallest absolute Gasteiger partial charge is 0.338 e. The fourth-order valence-electron chi connectivity index (χ4n) is 1.32. The van der Waals surface area contributed by atoms with Crippen molar-refractivity contribution in [2.75, 3.05) is 5.75 Å². The van der Waals surface area contributed by atoms with Gasteiger partial charge >= 0.3 is 5.97 Å². The molecule has 0 unspecified atom stereocenters. The molecule has 4 heteroatoms. The lowest BCUT2D eigenvalue weighted by Gasteiger charge is -2.08. The highest BCUT2D eigenvalue weighted by molar-refractivity contribution is 7.99. The van der Waals surface area contributed by atoms with Crippen LogP contribution < -0.4 is 0 Å². The Morgan fingerprint density at radius 3 is 2.71 bits per heavy atom. The second kappa shape index (κ2) is 4.46. The van der Waals surface area contributed by atoms with E-state index in [-0.39, 0.29) is 0 Å². The van der Waals surface area contributed by atoms with Crippen molar-refractivity contribution in [3.8, 4) is 0 Å². The molecule has 1 heterocycles. The number of carbonyl (C=O) groups is 1. The van der Waals surface area contributed by atoms with Crippen molar-refractivity contribution in [1.29, 1.82) is 0 Å². The quantitative estimate of drug-likeness (QED) is 0.780. The molecule has 0 amide bonds. The predicted molar refractivity (Wildman–Crippen MR) is 57.1 cm³/mol. The van der Waals surface area contributed by atoms with Crippen molar-refractivity contribution in [1.82, 2.24) is 4.98 Å². The number of hydrogen-bond donors (Lipinski definition) is 1. The lowest BCUT2D eigenvalue weighted by Crippen LogP contribution is -2.05. The van der Waals surface area contributed by atoms with Crippen molar-refractivity contribution in [2.24, 2.45) is 0 Å². The van der Waals surface area contributed by atoms with Crippen molar-refractivity contribution in [3.05, 3.63) is 23.0 Å². The largest absolute Gasteiger partial charge is 0.478 e. The zero-order valence-corrected chi connectivity index (χ0v) is 9.31. The molecule has 0 saturated carbocycles. The van der Waals surface area contributed by atoms with Gasteiger partial charge in [-0.3, -0.25) is 4.98 Å². The molecule has 0 aromatic carbocycles. The molecule has 0 spiro atoms. The Balaban J connectivity index is 3.28. The summed E-state index contributed by atoms with van der Waals surface area (Å²) < 4.78 is 0. The van der Waals surface area contributed by atoms with Gasteiger partial charge in [-0.15, -0.1) is 11.8 Å². The maximum Gasteiger partial charge on any atom is 0.338 e. The first-order valence-electron chi connectivity index (χ1n) is 4.40. The topological polar surface area (TPSA) is 50.2 Å². The molecule has 3 nitrogen and oxygen atoms in total. The molecule has 1 aromatic rings. The Bertz CT molecular complexity index is 363. The molecule has 0 atom stereocenters. The van der Waals surface area contributed by atoms with E-state index in [4.69, 9.17) is 5.11 Å². The Kier molecular flexibility index (Phi) is 3.52. The average Bonchev–Trinajstić information content (AvgIpc) is 2.01. The van der Waals surface area contributed by atoms with Gasteiger partial charge in [-0.05, 0) is 25.7 Å². The molecule has 1 N–H and O–H groups in total. The summed E-state index contributed by atoms with van der Waals surface area (Å²) in [4.78, 5) is 15.9. The lowest BCUT2D eigenvalue weighted by molar-refractivity contribution is 0.0691. The van der Waals surface area contributed by atoms with E-state index in [9.17, 15) is 4.79 Å². The van der Waals surface area contributed by atoms with Crippen LogP contribution in [0.5, 0.6) is 0 Å². The summed E-state index contributed by atoms with van der Waals surface area (Å²) in [6.07, 6.45) is 0. The maximum absolute atomic E-state index is 11.0. The number of rotatable bonds is 3. The molecular formula is C10H13NO2S. The first-order chi connectivity index (χ1) is 6.56. The van der Waals surface area contributed by atoms with Crippen LogP contribution in [0.4, 0.5) is 0 Å². The Morgan fingerprint density at radius 2 is 2.21 bits per heavy atom. The minimum absolute atomic E-state index is 0.336. The van der Waals surface area contributed by atoms with Crippen molar-refractivity contribution >= 4 is 17.7 Å². The molecule has 76 valence electrons. The van der Waals surface area contributed by atoms with E-state index in [0.717, 1.165) is 16.3 Å². The summed E-state index contributed by atoms with van der Waals surface area (Å²) in [5, 5.41) is 9.01. The number of pyridine rings is 1. The SMILES string of the molecule is CCSc1cc(C)nc(C)c1C(=O)O. The van der Waals surface area contributed by atoms with Crippen LogP contribution in [-0.2, 0) is 0 Å². The predicted octanol–water partition coefficient (Wildman–Crippen LogP) is 2.51. The average molecular weight is 211 g/mol. The first kappa shape index (κ1) is 11.0. The molecule has 0 aliphatic rings. The molecule has 0 aliphatic carbocycles. The summed E-state index contributed by atoms with van der Waals surface area (Å²) in [7, 11) is 0. The lowest BCUT2D eigenvalue weighted by atomic mass is 10.2. The van der Waals surface area contributed by atoms with Crippen LogP contribution in [0.3, 0.4) is 0 Å². The van der Waals surface area contributed by atoms with Gasteiger partial charge < -0.3 is 5.11 Å². The minimum atomic E-state index is -0.897. The summed E-state index contributed by atoms with van der Waals surface area (Å²) in [6.45, 7) is 5.61. The number of aromatic nitrogens is 1. The van der Waals surface area contributed by atoms with Gasteiger partial charge in [-0.2, -0.15) is 0 Å². The van der Waals surface area contributed by atoms with Gasteiger partial charge in [0.2, 0.25) is 0 Å². The fraction of sp³-hybridized carbons (Fsp3) is 0.400. The highest BCUT2D eigenvalue weighted by Gasteiger charge is 2.14. The minimum Gasteiger partial charge on any atom is -0.478 e. The number of aryl methyl sites for hydroxylation is 2. The summed E-state index contributed by atoms with van der Waals surface area (Å²) in [5.74, 6) is -0.0330. The van der Waals surface area contributed by atoms with Crippen LogP contribution in [0.1, 0.15) is 28.7 Å². The van der Waals surface area contributed by atoms with Crippen molar-refractivity contribution < 1.29 is 9.90 Å². The highest BCUT2D eigenvalue weighted by Crippen LogP contribution is 2.25. The molecule has 0 bridgehead atoms. The van der Waals surface area contributed by atoms with E-state index >= 15 is 0 Å². The Morgan fingerprint density at radius 1 is 1.57 bits per heavy atom. The van der Waals surface area contributed by atoms with E-state index in [1.807, 2.05) is 19.9 Å². The summed E-state index contributed by atoms with van der Waals surface area (Å²) >= 11 is 1.54. The number of hydrogen-bond acceptors (Lipinski definition) is 3. The standard InChI is InChI=1S/C10H13NO2S/c1-4-14-8-5-6(2)11-7(3)9(8)10(12)13/h5H,4H2,1-3H3,(H,12,13). The molecule has 0 radical (unpaired) electrons. The third-order valence-corrected chi connectivity index (χ3v) is 2.73. The van der Waals surface area contributed by atoms with Crippen LogP contribution in [-0.4, -0.2) is 21.8 Å². The number of thioether (sulfide) groups is 1. The monoisotopic (exact) mass is 211 g/mol. The van der Waals surface area contributed by atoms with E-state index in [2.05, 4.69) is 4.98 Å². The van der Waals surface area contributed by atoms with Crippen LogP contribution in [0.15, 0.2) is 11.0 Å². The number of nitrogens with zero attached hydrogens (tertiary/aromatic N) is 1. The van der Waals surface area contributed by atoms with Gasteiger partial charge in [0.25, 0.3) is 0 Å². The van der Waals surface area contributed by atoms with Gasteiger partial charge in [0.05, 0.1) is 11.3 Å². The van der Waals surface area contributed by atoms with Gasteiger partial charge in [0, 0.05) is 10.6 Å². The van der Waals surface area contributed by atoms with Gasteiger partial charge in [-0.1, -0.05) is 6.92 Å². The molecular weight excluding hydrogens is 198 g/mol. The summed E-state index contributed by atoms with van der Waals surface area (Å²) in [6, 6.07) is 1.82. The van der Waals surface area contributed by atoms with E-state index in [1.54, 1.807) is 6.92 Å². The van der Waals surface area contributed by atoms with Crippen molar-refractivity contribution in [2.45, 2.75) is 25.7 Å². The van der Waals surface area contributed by atoms with E-state index in [0.29, 0.717) is 11.3 Å². The summed E-state index contributed by atoms with van der Waals surface area (Å²) in [5.41, 5.74) is 1.79. The molecule has 0 aliphatic heterocycles. The van der Waals surface area contributed by atoms with Crippen LogP contribution in [0.25, 0.3) is 0 Å².